The van der Waals surface area contributed by atoms with E-state index < -0.39 is 18.1 Å². The number of nitrogens with zero attached hydrogens (tertiary/aromatic N) is 6. The maximum atomic E-state index is 14.7. The smallest absolute Gasteiger partial charge is 0.272 e. The second-order valence-corrected chi connectivity index (χ2v) is 19.6. The molecule has 12 heteroatoms. The molecule has 4 aliphatic rings. The molecule has 3 amide bonds. The van der Waals surface area contributed by atoms with Crippen molar-refractivity contribution in [2.75, 3.05) is 0 Å². The quantitative estimate of drug-likeness (QED) is 0.163. The second kappa shape index (κ2) is 17.4. The number of amides is 3. The van der Waals surface area contributed by atoms with Gasteiger partial charge < -0.3 is 29.7 Å². The van der Waals surface area contributed by atoms with E-state index in [0.29, 0.717) is 37.1 Å². The maximum Gasteiger partial charge on any atom is 0.272 e. The number of nitrogens with one attached hydrogen (secondary N) is 3. The Morgan fingerprint density at radius 1 is 0.409 bits per heavy atom. The minimum atomic E-state index is -0.592. The van der Waals surface area contributed by atoms with Crippen molar-refractivity contribution >= 4 is 17.7 Å². The zero-order chi connectivity index (χ0) is 45.8. The number of carbonyl (C=O) groups is 3. The van der Waals surface area contributed by atoms with Crippen LogP contribution in [0.15, 0.2) is 110 Å². The van der Waals surface area contributed by atoms with E-state index in [2.05, 4.69) is 107 Å². The van der Waals surface area contributed by atoms with Crippen LogP contribution in [0.1, 0.15) is 159 Å². The van der Waals surface area contributed by atoms with Gasteiger partial charge in [0.25, 0.3) is 17.7 Å². The van der Waals surface area contributed by atoms with Crippen LogP contribution in [0.25, 0.3) is 0 Å². The summed E-state index contributed by atoms with van der Waals surface area (Å²) in [5.74, 6) is 0.189. The number of hydrogen-bond donors (Lipinski definition) is 3. The van der Waals surface area contributed by atoms with Gasteiger partial charge in [-0.15, -0.1) is 0 Å². The van der Waals surface area contributed by atoms with Crippen molar-refractivity contribution in [3.63, 3.8) is 0 Å². The Kier molecular flexibility index (Phi) is 11.3. The predicted octanol–water partition coefficient (Wildman–Crippen LogP) is 8.51. The van der Waals surface area contributed by atoms with Crippen LogP contribution in [0.3, 0.4) is 0 Å². The Morgan fingerprint density at radius 2 is 0.667 bits per heavy atom. The lowest BCUT2D eigenvalue weighted by atomic mass is 9.93. The molecule has 3 N–H and O–H groups in total. The molecule has 0 saturated carbocycles. The van der Waals surface area contributed by atoms with Crippen LogP contribution >= 0.6 is 0 Å². The first kappa shape index (κ1) is 42.8. The first-order chi connectivity index (χ1) is 31.8. The first-order valence-electron chi connectivity index (χ1n) is 23.3. The van der Waals surface area contributed by atoms with Gasteiger partial charge >= 0.3 is 0 Å². The van der Waals surface area contributed by atoms with E-state index >= 15 is 0 Å². The first-order valence-corrected chi connectivity index (χ1v) is 23.3. The van der Waals surface area contributed by atoms with Crippen LogP contribution < -0.4 is 16.0 Å². The molecule has 0 fully saturated rings. The molecule has 336 valence electrons. The summed E-state index contributed by atoms with van der Waals surface area (Å²) >= 11 is 0. The molecule has 0 radical (unpaired) electrons. The van der Waals surface area contributed by atoms with Gasteiger partial charge in [0.1, 0.15) is 34.6 Å². The lowest BCUT2D eigenvalue weighted by molar-refractivity contribution is 0.0913. The van der Waals surface area contributed by atoms with Crippen molar-refractivity contribution in [2.24, 2.45) is 17.8 Å². The highest BCUT2D eigenvalue weighted by atomic mass is 16.2. The van der Waals surface area contributed by atoms with E-state index in [1.54, 1.807) is 18.6 Å². The summed E-state index contributed by atoms with van der Waals surface area (Å²) < 4.78 is 6.00. The van der Waals surface area contributed by atoms with E-state index in [4.69, 9.17) is 15.0 Å². The summed E-state index contributed by atoms with van der Waals surface area (Å²) in [5.41, 5.74) is 11.0. The Balaban J connectivity index is 1.27. The lowest BCUT2D eigenvalue weighted by Gasteiger charge is -2.24. The summed E-state index contributed by atoms with van der Waals surface area (Å²) in [6.07, 6.45) is 7.60. The minimum Gasteiger partial charge on any atom is -0.340 e. The number of rotatable bonds is 3. The van der Waals surface area contributed by atoms with Crippen LogP contribution in [0.4, 0.5) is 0 Å². The topological polar surface area (TPSA) is 141 Å². The summed E-state index contributed by atoms with van der Waals surface area (Å²) in [6.45, 7) is 13.5. The summed E-state index contributed by atoms with van der Waals surface area (Å²) in [4.78, 5) is 59.2. The van der Waals surface area contributed by atoms with Crippen LogP contribution in [0.2, 0.25) is 0 Å². The normalized spacial score (nSPS) is 18.5. The van der Waals surface area contributed by atoms with Gasteiger partial charge in [0.2, 0.25) is 0 Å². The van der Waals surface area contributed by atoms with Gasteiger partial charge in [0, 0.05) is 38.2 Å². The third kappa shape index (κ3) is 8.71. The number of aromatic nitrogens is 6. The van der Waals surface area contributed by atoms with Gasteiger partial charge in [-0.1, -0.05) is 133 Å². The number of carbonyl (C=O) groups excluding carboxylic acids is 3. The molecule has 12 nitrogen and oxygen atoms in total. The molecule has 0 aliphatic carbocycles. The molecule has 4 aliphatic heterocycles. The summed E-state index contributed by atoms with van der Waals surface area (Å²) in [6, 6.07) is 31.1. The Bertz CT molecular complexity index is 2680. The molecule has 3 unspecified atom stereocenters. The highest BCUT2D eigenvalue weighted by molar-refractivity contribution is 5.94. The van der Waals surface area contributed by atoms with Crippen molar-refractivity contribution in [1.29, 1.82) is 0 Å². The van der Waals surface area contributed by atoms with E-state index in [9.17, 15) is 14.4 Å². The average Bonchev–Trinajstić information content (AvgIpc) is 4.00. The third-order valence-electron chi connectivity index (χ3n) is 13.2. The molecule has 0 spiro atoms. The number of imidazole rings is 3. The van der Waals surface area contributed by atoms with Crippen LogP contribution in [0, 0.1) is 17.8 Å². The van der Waals surface area contributed by atoms with Crippen molar-refractivity contribution in [1.82, 2.24) is 44.6 Å². The van der Waals surface area contributed by atoms with Crippen LogP contribution in [0.5, 0.6) is 0 Å². The molecular formula is C54H57N9O3. The molecule has 3 atom stereocenters. The largest absolute Gasteiger partial charge is 0.340 e. The van der Waals surface area contributed by atoms with Gasteiger partial charge in [0.05, 0.1) is 18.1 Å². The maximum absolute atomic E-state index is 14.7. The molecule has 0 saturated heterocycles. The fourth-order valence-corrected chi connectivity index (χ4v) is 9.93. The zero-order valence-corrected chi connectivity index (χ0v) is 38.5. The van der Waals surface area contributed by atoms with Crippen LogP contribution in [-0.4, -0.2) is 46.4 Å². The highest BCUT2D eigenvalue weighted by Crippen LogP contribution is 2.30. The summed E-state index contributed by atoms with van der Waals surface area (Å²) in [7, 11) is 0. The minimum absolute atomic E-state index is 0.121. The standard InChI is InChI=1S/C54H57N9O3/c1-31(2)46-49-55-44-28-61(49)25-37-13-7-10-34(16-37)19-40-22-41-20-35-11-8-14-38(17-35)26-62-29-43(52(64)58-46)56-50(62)47(32(3)4)60-54(66)45-30-63(51(57-45)48(33(5)6)59-53(44)65)27-39-15-9-12-36(18-39)21-42(23-40)24-41/h7-18,22-24,28-33,46-48H,19-21,25-27H2,1-6H3,(H,58,64)(H,59,65)(H,60,66). The molecule has 66 heavy (non-hydrogen) atoms. The van der Waals surface area contributed by atoms with Gasteiger partial charge in [-0.05, 0) is 87.1 Å². The third-order valence-corrected chi connectivity index (χ3v) is 13.2. The number of hydrogen-bond acceptors (Lipinski definition) is 6. The van der Waals surface area contributed by atoms with Crippen molar-refractivity contribution in [3.05, 3.63) is 194 Å². The highest BCUT2D eigenvalue weighted by Gasteiger charge is 2.33. The molecule has 3 aromatic heterocycles. The summed E-state index contributed by atoms with van der Waals surface area (Å²) in [5, 5.41) is 9.89. The van der Waals surface area contributed by atoms with Gasteiger partial charge in [-0.25, -0.2) is 15.0 Å². The predicted molar refractivity (Wildman–Crippen MR) is 253 cm³/mol. The van der Waals surface area contributed by atoms with Gasteiger partial charge in [-0.2, -0.15) is 0 Å². The molecule has 7 aromatic rings. The number of benzene rings is 4. The molecule has 4 aromatic carbocycles. The number of fused-ring (bicyclic) bond motifs is 6. The van der Waals surface area contributed by atoms with Gasteiger partial charge in [-0.3, -0.25) is 14.4 Å². The Hall–Kier alpha value is -7.08. The van der Waals surface area contributed by atoms with Crippen molar-refractivity contribution < 1.29 is 14.4 Å². The SMILES string of the molecule is CC(C)C1NC(=O)c2cn3c(n2)C(C(C)C)NC(=O)c2cn4c(n2)C(C(C)C)NC(=O)c2cn(c1n2)Cc1cccc(c1)Cc1cc(cc(c1)Cc1cccc(c1)C4)Cc1cccc(c1)C3. The Morgan fingerprint density at radius 3 is 0.939 bits per heavy atom. The van der Waals surface area contributed by atoms with E-state index in [1.165, 1.54) is 33.4 Å². The molecule has 18 bridgehead atoms. The monoisotopic (exact) mass is 879 g/mol. The molecule has 11 rings (SSSR count). The molecule has 7 heterocycles. The van der Waals surface area contributed by atoms with E-state index in [0.717, 1.165) is 36.0 Å². The average molecular weight is 880 g/mol. The van der Waals surface area contributed by atoms with Crippen LogP contribution in [-0.2, 0) is 38.9 Å². The van der Waals surface area contributed by atoms with Crippen molar-refractivity contribution in [2.45, 2.75) is 98.6 Å². The fraction of sp³-hybridized carbons (Fsp3) is 0.333. The zero-order valence-electron chi connectivity index (χ0n) is 38.5. The van der Waals surface area contributed by atoms with Gasteiger partial charge in [0.15, 0.2) is 0 Å². The second-order valence-electron chi connectivity index (χ2n) is 19.6. The van der Waals surface area contributed by atoms with E-state index in [1.807, 2.05) is 55.2 Å². The van der Waals surface area contributed by atoms with E-state index in [-0.39, 0.29) is 52.6 Å². The Labute approximate surface area is 385 Å². The lowest BCUT2D eigenvalue weighted by Crippen LogP contribution is -2.36. The molecular weight excluding hydrogens is 823 g/mol. The van der Waals surface area contributed by atoms with Crippen molar-refractivity contribution in [3.8, 4) is 0 Å². The fourth-order valence-electron chi connectivity index (χ4n) is 9.93.